The number of anilines is 1. The summed E-state index contributed by atoms with van der Waals surface area (Å²) < 4.78 is 11.2. The van der Waals surface area contributed by atoms with Crippen molar-refractivity contribution in [2.45, 2.75) is 117 Å². The van der Waals surface area contributed by atoms with Crippen molar-refractivity contribution in [2.24, 2.45) is 5.18 Å². The molecular weight excluding hydrogens is 528 g/mol. The zero-order valence-corrected chi connectivity index (χ0v) is 26.9. The number of hydrogen-bond acceptors (Lipinski definition) is 7. The van der Waals surface area contributed by atoms with Crippen LogP contribution in [0.4, 0.5) is 5.69 Å². The molecule has 2 aromatic carbocycles. The zero-order chi connectivity index (χ0) is 31.0. The summed E-state index contributed by atoms with van der Waals surface area (Å²) in [4.78, 5) is 26.6. The van der Waals surface area contributed by atoms with Gasteiger partial charge in [0.25, 0.3) is 0 Å². The molecule has 0 aliphatic heterocycles. The number of benzene rings is 2. The maximum Gasteiger partial charge on any atom is 0.341 e. The van der Waals surface area contributed by atoms with Crippen molar-refractivity contribution in [3.63, 3.8) is 0 Å². The monoisotopic (exact) mass is 582 g/mol. The van der Waals surface area contributed by atoms with Crippen molar-refractivity contribution in [3.8, 4) is 11.5 Å². The first-order chi connectivity index (χ1) is 20.2. The van der Waals surface area contributed by atoms with Gasteiger partial charge in [0.2, 0.25) is 0 Å². The van der Waals surface area contributed by atoms with Crippen molar-refractivity contribution in [2.75, 3.05) is 31.2 Å². The van der Waals surface area contributed by atoms with Gasteiger partial charge in [0.05, 0.1) is 6.61 Å². The second-order valence-corrected chi connectivity index (χ2v) is 12.1. The molecular formula is C35H54N2O5. The number of phenols is 1. The van der Waals surface area contributed by atoms with Gasteiger partial charge in [-0.1, -0.05) is 103 Å². The summed E-state index contributed by atoms with van der Waals surface area (Å²) in [6.07, 6.45) is 12.1. The van der Waals surface area contributed by atoms with Crippen LogP contribution in [-0.4, -0.2) is 37.4 Å². The van der Waals surface area contributed by atoms with E-state index in [1.807, 2.05) is 12.1 Å². The van der Waals surface area contributed by atoms with E-state index in [2.05, 4.69) is 57.7 Å². The minimum absolute atomic E-state index is 0.0136. The molecule has 7 heteroatoms. The molecule has 0 aromatic heterocycles. The Labute approximate surface area is 254 Å². The number of phenolic OH excluding ortho intramolecular Hbond substituents is 1. The Hall–Kier alpha value is -3.09. The van der Waals surface area contributed by atoms with Gasteiger partial charge in [0.15, 0.2) is 6.04 Å². The molecule has 0 bridgehead atoms. The fraction of sp³-hybridized carbons (Fsp3) is 0.629. The van der Waals surface area contributed by atoms with Crippen LogP contribution in [0.25, 0.3) is 0 Å². The third kappa shape index (κ3) is 11.3. The molecule has 0 saturated heterocycles. The third-order valence-electron chi connectivity index (χ3n) is 7.77. The van der Waals surface area contributed by atoms with E-state index in [0.717, 1.165) is 49.2 Å². The van der Waals surface area contributed by atoms with E-state index in [0.29, 0.717) is 12.4 Å². The Bertz CT molecular complexity index is 1090. The van der Waals surface area contributed by atoms with Crippen LogP contribution >= 0.6 is 0 Å². The van der Waals surface area contributed by atoms with E-state index in [9.17, 15) is 14.8 Å². The number of carbonyl (C=O) groups is 1. The molecule has 0 aliphatic carbocycles. The smallest absolute Gasteiger partial charge is 0.341 e. The van der Waals surface area contributed by atoms with Gasteiger partial charge in [-0.2, -0.15) is 4.91 Å². The van der Waals surface area contributed by atoms with E-state index in [-0.39, 0.29) is 23.3 Å². The summed E-state index contributed by atoms with van der Waals surface area (Å²) in [7, 11) is 0. The second kappa shape index (κ2) is 18.4. The highest BCUT2D eigenvalue weighted by Gasteiger charge is 2.24. The number of ether oxygens (including phenoxy) is 2. The Morgan fingerprint density at radius 1 is 0.881 bits per heavy atom. The number of carbonyl (C=O) groups excluding carboxylic acids is 1. The van der Waals surface area contributed by atoms with Crippen molar-refractivity contribution >= 4 is 11.7 Å². The van der Waals surface area contributed by atoms with Gasteiger partial charge >= 0.3 is 5.97 Å². The average Bonchev–Trinajstić information content (AvgIpc) is 2.96. The Morgan fingerprint density at radius 3 is 2.05 bits per heavy atom. The number of rotatable bonds is 20. The lowest BCUT2D eigenvalue weighted by molar-refractivity contribution is 0.0494. The molecule has 2 rings (SSSR count). The number of esters is 1. The number of nitrogens with zero attached hydrogens (tertiary/aromatic N) is 2. The maximum absolute atomic E-state index is 12.5. The molecule has 2 aromatic rings. The van der Waals surface area contributed by atoms with Crippen LogP contribution in [0.1, 0.15) is 133 Å². The third-order valence-corrected chi connectivity index (χ3v) is 7.77. The summed E-state index contributed by atoms with van der Waals surface area (Å²) in [6.45, 7) is 15.1. The zero-order valence-electron chi connectivity index (χ0n) is 26.9. The largest absolute Gasteiger partial charge is 0.507 e. The molecule has 0 fully saturated rings. The van der Waals surface area contributed by atoms with Crippen molar-refractivity contribution in [3.05, 3.63) is 58.0 Å². The molecule has 0 heterocycles. The van der Waals surface area contributed by atoms with Crippen LogP contribution in [0.5, 0.6) is 11.5 Å². The molecule has 0 spiro atoms. The number of aromatic hydroxyl groups is 1. The Kier molecular flexibility index (Phi) is 15.4. The minimum Gasteiger partial charge on any atom is -0.507 e. The Morgan fingerprint density at radius 2 is 1.50 bits per heavy atom. The van der Waals surface area contributed by atoms with Crippen molar-refractivity contribution in [1.82, 2.24) is 0 Å². The first-order valence-electron chi connectivity index (χ1n) is 16.0. The molecule has 7 nitrogen and oxygen atoms in total. The average molecular weight is 583 g/mol. The van der Waals surface area contributed by atoms with Crippen LogP contribution in [-0.2, 0) is 10.2 Å². The molecule has 0 amide bonds. The number of nitroso groups, excluding NO2 is 1. The number of unbranched alkanes of at least 4 members (excludes halogenated alkanes) is 9. The van der Waals surface area contributed by atoms with Gasteiger partial charge in [0.1, 0.15) is 23.7 Å². The quantitative estimate of drug-likeness (QED) is 0.0950. The lowest BCUT2D eigenvalue weighted by Gasteiger charge is -2.31. The first kappa shape index (κ1) is 35.1. The normalized spacial score (nSPS) is 12.1. The molecule has 1 unspecified atom stereocenters. The molecule has 42 heavy (non-hydrogen) atoms. The lowest BCUT2D eigenvalue weighted by Crippen LogP contribution is -2.26. The minimum atomic E-state index is -0.718. The topological polar surface area (TPSA) is 88.4 Å². The van der Waals surface area contributed by atoms with Crippen LogP contribution in [0.15, 0.2) is 41.6 Å². The molecule has 0 radical (unpaired) electrons. The summed E-state index contributed by atoms with van der Waals surface area (Å²) >= 11 is 0. The second-order valence-electron chi connectivity index (χ2n) is 12.1. The van der Waals surface area contributed by atoms with Crippen LogP contribution in [0.3, 0.4) is 0 Å². The summed E-state index contributed by atoms with van der Waals surface area (Å²) in [5, 5.41) is 13.8. The van der Waals surface area contributed by atoms with Crippen LogP contribution in [0.2, 0.25) is 0 Å². The maximum atomic E-state index is 12.5. The highest BCUT2D eigenvalue weighted by atomic mass is 16.5. The van der Waals surface area contributed by atoms with Gasteiger partial charge in [-0.25, -0.2) is 4.79 Å². The van der Waals surface area contributed by atoms with E-state index in [4.69, 9.17) is 9.47 Å². The first-order valence-corrected chi connectivity index (χ1v) is 16.0. The number of hydrogen-bond donors (Lipinski definition) is 1. The molecule has 234 valence electrons. The predicted octanol–water partition coefficient (Wildman–Crippen LogP) is 9.50. The molecule has 1 N–H and O–H groups in total. The van der Waals surface area contributed by atoms with Gasteiger partial charge in [-0.05, 0) is 55.0 Å². The van der Waals surface area contributed by atoms with E-state index in [1.165, 1.54) is 57.1 Å². The summed E-state index contributed by atoms with van der Waals surface area (Å²) in [6, 6.07) is 9.79. The van der Waals surface area contributed by atoms with Crippen molar-refractivity contribution in [1.29, 1.82) is 0 Å². The standard InChI is InChI=1S/C35H54N2O5/c1-7-10-11-12-13-14-15-16-17-18-23-41-34(39)29-21-20-28(25-33(29)38)42-26-31(36-40)27-19-22-32(37(8-2)9-3)30(24-27)35(4,5)6/h19-22,24-25,31,38H,7-18,23,26H2,1-6H3. The van der Waals surface area contributed by atoms with Crippen molar-refractivity contribution < 1.29 is 19.4 Å². The van der Waals surface area contributed by atoms with Gasteiger partial charge in [-0.15, -0.1) is 0 Å². The SMILES string of the molecule is CCCCCCCCCCCCOC(=O)c1ccc(OCC(N=O)c2ccc(N(CC)CC)c(C(C)(C)C)c2)cc1O. The fourth-order valence-corrected chi connectivity index (χ4v) is 5.17. The molecule has 1 atom stereocenters. The Balaban J connectivity index is 1.88. The van der Waals surface area contributed by atoms with Gasteiger partial charge in [-0.3, -0.25) is 0 Å². The lowest BCUT2D eigenvalue weighted by atomic mass is 9.83. The molecule has 0 aliphatic rings. The van der Waals surface area contributed by atoms with Crippen LogP contribution < -0.4 is 9.64 Å². The van der Waals surface area contributed by atoms with Gasteiger partial charge in [0, 0.05) is 24.8 Å². The summed E-state index contributed by atoms with van der Waals surface area (Å²) in [5.74, 6) is -0.414. The predicted molar refractivity (Wildman–Crippen MR) is 173 cm³/mol. The highest BCUT2D eigenvalue weighted by Crippen LogP contribution is 2.35. The molecule has 0 saturated carbocycles. The van der Waals surface area contributed by atoms with E-state index in [1.54, 1.807) is 6.07 Å². The highest BCUT2D eigenvalue weighted by molar-refractivity contribution is 5.92. The van der Waals surface area contributed by atoms with E-state index >= 15 is 0 Å². The van der Waals surface area contributed by atoms with Gasteiger partial charge < -0.3 is 19.5 Å². The fourth-order valence-electron chi connectivity index (χ4n) is 5.17. The van der Waals surface area contributed by atoms with Crippen LogP contribution in [0, 0.1) is 4.91 Å². The summed E-state index contributed by atoms with van der Waals surface area (Å²) in [5.41, 5.74) is 3.06. The van der Waals surface area contributed by atoms with E-state index < -0.39 is 12.0 Å².